The minimum Gasteiger partial charge on any atom is -0.288 e. The Labute approximate surface area is 159 Å². The van der Waals surface area contributed by atoms with Crippen molar-refractivity contribution in [3.63, 3.8) is 0 Å². The Hall–Kier alpha value is -3.46. The van der Waals surface area contributed by atoms with E-state index < -0.39 is 0 Å². The fourth-order valence-corrected chi connectivity index (χ4v) is 3.30. The highest BCUT2D eigenvalue weighted by atomic mass is 16.2. The molecule has 1 aliphatic heterocycles. The van der Waals surface area contributed by atoms with E-state index in [9.17, 15) is 4.79 Å². The highest BCUT2D eigenvalue weighted by Gasteiger charge is 2.33. The lowest BCUT2D eigenvalue weighted by Gasteiger charge is -2.33. The first-order valence-electron chi connectivity index (χ1n) is 8.97. The van der Waals surface area contributed by atoms with Crippen LogP contribution in [-0.4, -0.2) is 16.6 Å². The van der Waals surface area contributed by atoms with Gasteiger partial charge >= 0.3 is 0 Å². The molecule has 0 aliphatic carbocycles. The van der Waals surface area contributed by atoms with Gasteiger partial charge in [0.05, 0.1) is 6.54 Å². The van der Waals surface area contributed by atoms with Crippen molar-refractivity contribution in [3.05, 3.63) is 120 Å². The van der Waals surface area contributed by atoms with Gasteiger partial charge in [-0.3, -0.25) is 14.7 Å². The summed E-state index contributed by atoms with van der Waals surface area (Å²) in [4.78, 5) is 19.9. The van der Waals surface area contributed by atoms with Gasteiger partial charge in [0.25, 0.3) is 5.91 Å². The van der Waals surface area contributed by atoms with Crippen LogP contribution < -0.4 is 0 Å². The fourth-order valence-electron chi connectivity index (χ4n) is 3.30. The number of hydrogen-bond acceptors (Lipinski definition) is 2. The van der Waals surface area contributed by atoms with Crippen LogP contribution in [0, 0.1) is 0 Å². The Bertz CT molecular complexity index is 979. The quantitative estimate of drug-likeness (QED) is 0.622. The predicted molar refractivity (Wildman–Crippen MR) is 108 cm³/mol. The Morgan fingerprint density at radius 1 is 0.815 bits per heavy atom. The molecule has 3 heteroatoms. The number of nitrogens with zero attached hydrogens (tertiary/aromatic N) is 2. The standard InChI is InChI=1S/C24H20N2O/c1-18-22(20-13-7-3-8-14-20)25-23(21-15-9-4-10-16-21)26(24(18)27)17-19-11-5-2-6-12-19/h2-16,22H,1,17H2/t22-/m1/s1. The molecule has 0 spiro atoms. The molecule has 4 rings (SSSR count). The Morgan fingerprint density at radius 2 is 1.37 bits per heavy atom. The minimum absolute atomic E-state index is 0.0819. The van der Waals surface area contributed by atoms with Crippen molar-refractivity contribution in [3.8, 4) is 0 Å². The first-order valence-corrected chi connectivity index (χ1v) is 8.97. The summed E-state index contributed by atoms with van der Waals surface area (Å²) < 4.78 is 0. The molecule has 1 aliphatic rings. The van der Waals surface area contributed by atoms with Crippen LogP contribution in [0.1, 0.15) is 22.7 Å². The number of rotatable bonds is 4. The molecule has 0 bridgehead atoms. The normalized spacial score (nSPS) is 17.0. The molecule has 0 unspecified atom stereocenters. The van der Waals surface area contributed by atoms with Crippen LogP contribution in [0.3, 0.4) is 0 Å². The zero-order valence-electron chi connectivity index (χ0n) is 15.0. The van der Waals surface area contributed by atoms with Crippen molar-refractivity contribution >= 4 is 11.7 Å². The van der Waals surface area contributed by atoms with Gasteiger partial charge in [-0.25, -0.2) is 0 Å². The van der Waals surface area contributed by atoms with Crippen LogP contribution in [0.4, 0.5) is 0 Å². The molecule has 1 heterocycles. The molecule has 3 aromatic rings. The number of aliphatic imine (C=N–C) groups is 1. The van der Waals surface area contributed by atoms with Gasteiger partial charge in [0.2, 0.25) is 0 Å². The maximum absolute atomic E-state index is 13.2. The molecule has 1 amide bonds. The largest absolute Gasteiger partial charge is 0.288 e. The Balaban J connectivity index is 1.80. The summed E-state index contributed by atoms with van der Waals surface area (Å²) in [6.07, 6.45) is 0. The number of benzene rings is 3. The van der Waals surface area contributed by atoms with Crippen molar-refractivity contribution in [2.75, 3.05) is 0 Å². The van der Waals surface area contributed by atoms with E-state index in [-0.39, 0.29) is 11.9 Å². The molecule has 0 aromatic heterocycles. The van der Waals surface area contributed by atoms with E-state index >= 15 is 0 Å². The molecule has 0 fully saturated rings. The van der Waals surface area contributed by atoms with Gasteiger partial charge in [0.1, 0.15) is 11.9 Å². The minimum atomic E-state index is -0.360. The maximum atomic E-state index is 13.2. The Morgan fingerprint density at radius 3 is 2.00 bits per heavy atom. The SMILES string of the molecule is C=C1C(=O)N(Cc2ccccc2)C(c2ccccc2)=N[C@H]1c1ccccc1. The molecular formula is C24H20N2O. The molecule has 0 saturated heterocycles. The number of hydrogen-bond donors (Lipinski definition) is 0. The van der Waals surface area contributed by atoms with Gasteiger partial charge in [0, 0.05) is 11.1 Å². The van der Waals surface area contributed by atoms with Gasteiger partial charge in [-0.2, -0.15) is 0 Å². The van der Waals surface area contributed by atoms with Crippen molar-refractivity contribution < 1.29 is 4.79 Å². The lowest BCUT2D eigenvalue weighted by atomic mass is 9.96. The zero-order chi connectivity index (χ0) is 18.6. The third kappa shape index (κ3) is 3.44. The van der Waals surface area contributed by atoms with Crippen molar-refractivity contribution in [2.45, 2.75) is 12.6 Å². The van der Waals surface area contributed by atoms with Gasteiger partial charge in [-0.1, -0.05) is 97.6 Å². The lowest BCUT2D eigenvalue weighted by molar-refractivity contribution is -0.124. The van der Waals surface area contributed by atoms with E-state index in [4.69, 9.17) is 4.99 Å². The molecule has 27 heavy (non-hydrogen) atoms. The number of carbonyl (C=O) groups is 1. The number of carbonyl (C=O) groups excluding carboxylic acids is 1. The van der Waals surface area contributed by atoms with E-state index in [1.54, 1.807) is 4.90 Å². The first-order chi connectivity index (χ1) is 13.2. The highest BCUT2D eigenvalue weighted by Crippen LogP contribution is 2.32. The zero-order valence-corrected chi connectivity index (χ0v) is 15.0. The molecule has 3 aromatic carbocycles. The summed E-state index contributed by atoms with van der Waals surface area (Å²) in [5.74, 6) is 0.604. The fraction of sp³-hybridized carbons (Fsp3) is 0.0833. The Kier molecular flexibility index (Phi) is 4.67. The summed E-state index contributed by atoms with van der Waals surface area (Å²) in [7, 11) is 0. The third-order valence-electron chi connectivity index (χ3n) is 4.69. The van der Waals surface area contributed by atoms with Crippen LogP contribution in [-0.2, 0) is 11.3 Å². The topological polar surface area (TPSA) is 32.7 Å². The van der Waals surface area contributed by atoms with E-state index in [2.05, 4.69) is 6.58 Å². The first kappa shape index (κ1) is 17.0. The van der Waals surface area contributed by atoms with Gasteiger partial charge in [0.15, 0.2) is 0 Å². The van der Waals surface area contributed by atoms with Crippen LogP contribution >= 0.6 is 0 Å². The smallest absolute Gasteiger partial charge is 0.257 e. The molecule has 3 nitrogen and oxygen atoms in total. The van der Waals surface area contributed by atoms with Crippen molar-refractivity contribution in [1.29, 1.82) is 0 Å². The average Bonchev–Trinajstić information content (AvgIpc) is 2.74. The summed E-state index contributed by atoms with van der Waals surface area (Å²) in [5.41, 5.74) is 3.45. The third-order valence-corrected chi connectivity index (χ3v) is 4.69. The van der Waals surface area contributed by atoms with Crippen LogP contribution in [0.15, 0.2) is 108 Å². The summed E-state index contributed by atoms with van der Waals surface area (Å²) >= 11 is 0. The molecule has 0 saturated carbocycles. The van der Waals surface area contributed by atoms with Crippen LogP contribution in [0.25, 0.3) is 0 Å². The number of amides is 1. The van der Waals surface area contributed by atoms with E-state index in [0.717, 1.165) is 16.7 Å². The van der Waals surface area contributed by atoms with Gasteiger partial charge in [-0.05, 0) is 11.1 Å². The van der Waals surface area contributed by atoms with Crippen LogP contribution in [0.2, 0.25) is 0 Å². The molecular weight excluding hydrogens is 332 g/mol. The van der Waals surface area contributed by atoms with E-state index in [1.165, 1.54) is 0 Å². The highest BCUT2D eigenvalue weighted by molar-refractivity contribution is 6.14. The van der Waals surface area contributed by atoms with Gasteiger partial charge in [-0.15, -0.1) is 0 Å². The van der Waals surface area contributed by atoms with Crippen molar-refractivity contribution in [1.82, 2.24) is 4.90 Å². The second-order valence-electron chi connectivity index (χ2n) is 6.53. The number of amidine groups is 1. The lowest BCUT2D eigenvalue weighted by Crippen LogP contribution is -2.42. The van der Waals surface area contributed by atoms with Crippen molar-refractivity contribution in [2.24, 2.45) is 4.99 Å². The molecule has 132 valence electrons. The summed E-state index contributed by atoms with van der Waals surface area (Å²) in [6, 6.07) is 29.3. The summed E-state index contributed by atoms with van der Waals surface area (Å²) in [6.45, 7) is 4.54. The van der Waals surface area contributed by atoms with E-state index in [0.29, 0.717) is 18.0 Å². The molecule has 1 atom stereocenters. The van der Waals surface area contributed by atoms with Gasteiger partial charge < -0.3 is 0 Å². The second kappa shape index (κ2) is 7.42. The van der Waals surface area contributed by atoms with E-state index in [1.807, 2.05) is 91.0 Å². The second-order valence-corrected chi connectivity index (χ2v) is 6.53. The predicted octanol–water partition coefficient (Wildman–Crippen LogP) is 4.77. The monoisotopic (exact) mass is 352 g/mol. The van der Waals surface area contributed by atoms with Crippen LogP contribution in [0.5, 0.6) is 0 Å². The average molecular weight is 352 g/mol. The molecule has 0 radical (unpaired) electrons. The molecule has 0 N–H and O–H groups in total. The maximum Gasteiger partial charge on any atom is 0.257 e. The summed E-state index contributed by atoms with van der Waals surface area (Å²) in [5, 5.41) is 0.